The van der Waals surface area contributed by atoms with Crippen molar-refractivity contribution in [3.05, 3.63) is 28.1 Å². The van der Waals surface area contributed by atoms with E-state index in [1.807, 2.05) is 0 Å². The number of oxazole rings is 1. The fraction of sp³-hybridized carbons (Fsp3) is 0.429. The molecule has 0 radical (unpaired) electrons. The second-order valence-corrected chi connectivity index (χ2v) is 5.31. The number of fused-ring (bicyclic) bond motifs is 1. The van der Waals surface area contributed by atoms with Crippen LogP contribution in [-0.2, 0) is 9.53 Å². The number of aromatic nitrogens is 1. The van der Waals surface area contributed by atoms with E-state index in [0.717, 1.165) is 12.8 Å². The lowest BCUT2D eigenvalue weighted by Crippen LogP contribution is -2.37. The first-order valence-corrected chi connectivity index (χ1v) is 7.04. The number of benzene rings is 1. The van der Waals surface area contributed by atoms with Gasteiger partial charge in [-0.05, 0) is 12.8 Å². The Kier molecular flexibility index (Phi) is 3.87. The van der Waals surface area contributed by atoms with Gasteiger partial charge in [-0.1, -0.05) is 0 Å². The van der Waals surface area contributed by atoms with Gasteiger partial charge in [-0.3, -0.25) is 14.9 Å². The Balaban J connectivity index is 1.88. The van der Waals surface area contributed by atoms with E-state index in [1.165, 1.54) is 19.2 Å². The third-order valence-corrected chi connectivity index (χ3v) is 3.53. The number of nitrogens with two attached hydrogens (primary N) is 1. The Labute approximate surface area is 130 Å². The van der Waals surface area contributed by atoms with Gasteiger partial charge in [0.2, 0.25) is 5.75 Å². The van der Waals surface area contributed by atoms with Crippen molar-refractivity contribution in [3.8, 4) is 5.75 Å². The molecule has 2 N–H and O–H groups in total. The summed E-state index contributed by atoms with van der Waals surface area (Å²) in [5.74, 6) is 0.182. The number of nitro benzene ring substituents is 1. The van der Waals surface area contributed by atoms with Crippen LogP contribution in [0.5, 0.6) is 5.75 Å². The van der Waals surface area contributed by atoms with Crippen LogP contribution in [0.4, 0.5) is 5.69 Å². The highest BCUT2D eigenvalue weighted by atomic mass is 16.6. The molecule has 9 heteroatoms. The normalized spacial score (nSPS) is 15.4. The topological polar surface area (TPSA) is 131 Å². The van der Waals surface area contributed by atoms with Gasteiger partial charge in [0.1, 0.15) is 18.2 Å². The van der Waals surface area contributed by atoms with E-state index in [0.29, 0.717) is 22.9 Å². The lowest BCUT2D eigenvalue weighted by atomic mass is 10.2. The van der Waals surface area contributed by atoms with Gasteiger partial charge in [0, 0.05) is 18.1 Å². The van der Waals surface area contributed by atoms with Gasteiger partial charge in [-0.2, -0.15) is 0 Å². The molecular weight excluding hydrogens is 306 g/mol. The quantitative estimate of drug-likeness (QED) is 0.481. The molecule has 1 aliphatic carbocycles. The Morgan fingerprint density at radius 3 is 2.91 bits per heavy atom. The predicted octanol–water partition coefficient (Wildman–Crippen LogP) is 1.49. The molecule has 2 aromatic rings. The first-order chi connectivity index (χ1) is 11.0. The molecule has 1 atom stereocenters. The zero-order valence-corrected chi connectivity index (χ0v) is 12.4. The third-order valence-electron chi connectivity index (χ3n) is 3.53. The maximum atomic E-state index is 11.3. The minimum atomic E-state index is -1.04. The second kappa shape index (κ2) is 5.84. The van der Waals surface area contributed by atoms with Crippen LogP contribution in [0, 0.1) is 10.1 Å². The fourth-order valence-corrected chi connectivity index (χ4v) is 2.12. The SMILES string of the molecule is COC(=O)C(N)COc1cc2oc(C3CC3)nc2cc1[N+](=O)[O-]. The molecule has 3 rings (SSSR count). The van der Waals surface area contributed by atoms with Gasteiger partial charge in [0.15, 0.2) is 11.5 Å². The molecule has 0 spiro atoms. The van der Waals surface area contributed by atoms with Crippen molar-refractivity contribution in [2.24, 2.45) is 5.73 Å². The molecule has 9 nitrogen and oxygen atoms in total. The van der Waals surface area contributed by atoms with Crippen molar-refractivity contribution in [2.45, 2.75) is 24.8 Å². The summed E-state index contributed by atoms with van der Waals surface area (Å²) in [7, 11) is 1.20. The van der Waals surface area contributed by atoms with Gasteiger partial charge in [-0.15, -0.1) is 0 Å². The summed E-state index contributed by atoms with van der Waals surface area (Å²) in [6.07, 6.45) is 2.01. The summed E-state index contributed by atoms with van der Waals surface area (Å²) >= 11 is 0. The van der Waals surface area contributed by atoms with E-state index in [4.69, 9.17) is 14.9 Å². The molecule has 0 amide bonds. The van der Waals surface area contributed by atoms with Crippen molar-refractivity contribution in [2.75, 3.05) is 13.7 Å². The van der Waals surface area contributed by atoms with Gasteiger partial charge in [0.25, 0.3) is 0 Å². The highest BCUT2D eigenvalue weighted by molar-refractivity contribution is 5.79. The fourth-order valence-electron chi connectivity index (χ4n) is 2.12. The van der Waals surface area contributed by atoms with Gasteiger partial charge >= 0.3 is 11.7 Å². The molecule has 0 saturated heterocycles. The van der Waals surface area contributed by atoms with Gasteiger partial charge < -0.3 is 19.6 Å². The summed E-state index contributed by atoms with van der Waals surface area (Å²) in [6.45, 7) is -0.247. The average molecular weight is 321 g/mol. The van der Waals surface area contributed by atoms with Crippen molar-refractivity contribution in [1.82, 2.24) is 4.98 Å². The Morgan fingerprint density at radius 1 is 1.57 bits per heavy atom. The van der Waals surface area contributed by atoms with Crippen molar-refractivity contribution < 1.29 is 23.6 Å². The number of hydrogen-bond donors (Lipinski definition) is 1. The number of nitro groups is 1. The first-order valence-electron chi connectivity index (χ1n) is 7.04. The largest absolute Gasteiger partial charge is 0.484 e. The zero-order chi connectivity index (χ0) is 16.6. The summed E-state index contributed by atoms with van der Waals surface area (Å²) in [5, 5.41) is 11.2. The minimum Gasteiger partial charge on any atom is -0.484 e. The number of rotatable bonds is 6. The molecule has 1 aromatic heterocycles. The second-order valence-electron chi connectivity index (χ2n) is 5.31. The molecule has 1 aliphatic rings. The monoisotopic (exact) mass is 321 g/mol. The van der Waals surface area contributed by atoms with E-state index < -0.39 is 16.9 Å². The van der Waals surface area contributed by atoms with E-state index in [-0.39, 0.29) is 18.0 Å². The number of hydrogen-bond acceptors (Lipinski definition) is 8. The molecule has 1 heterocycles. The minimum absolute atomic E-state index is 0.0275. The van der Waals surface area contributed by atoms with Crippen LogP contribution in [-0.4, -0.2) is 35.6 Å². The van der Waals surface area contributed by atoms with Gasteiger partial charge in [0.05, 0.1) is 12.0 Å². The maximum absolute atomic E-state index is 11.3. The number of esters is 1. The van der Waals surface area contributed by atoms with E-state index in [1.54, 1.807) is 0 Å². The van der Waals surface area contributed by atoms with Crippen LogP contribution in [0.15, 0.2) is 16.5 Å². The molecule has 1 unspecified atom stereocenters. The van der Waals surface area contributed by atoms with Crippen molar-refractivity contribution >= 4 is 22.8 Å². The smallest absolute Gasteiger partial charge is 0.326 e. The molecular formula is C14H15N3O6. The number of methoxy groups -OCH3 is 1. The van der Waals surface area contributed by atoms with Crippen molar-refractivity contribution in [1.29, 1.82) is 0 Å². The summed E-state index contributed by atoms with van der Waals surface area (Å²) in [4.78, 5) is 26.1. The molecule has 122 valence electrons. The van der Waals surface area contributed by atoms with Crippen LogP contribution in [0.1, 0.15) is 24.7 Å². The molecule has 1 aromatic carbocycles. The molecule has 23 heavy (non-hydrogen) atoms. The van der Waals surface area contributed by atoms with Crippen LogP contribution in [0.2, 0.25) is 0 Å². The van der Waals surface area contributed by atoms with Crippen LogP contribution in [0.3, 0.4) is 0 Å². The summed E-state index contributed by atoms with van der Waals surface area (Å²) in [6, 6.07) is 1.66. The number of ether oxygens (including phenoxy) is 2. The first kappa shape index (κ1) is 15.2. The Morgan fingerprint density at radius 2 is 2.30 bits per heavy atom. The highest BCUT2D eigenvalue weighted by Gasteiger charge is 2.30. The summed E-state index contributed by atoms with van der Waals surface area (Å²) in [5.41, 5.74) is 6.11. The molecule has 0 bridgehead atoms. The lowest BCUT2D eigenvalue weighted by molar-refractivity contribution is -0.385. The van der Waals surface area contributed by atoms with Crippen LogP contribution < -0.4 is 10.5 Å². The zero-order valence-electron chi connectivity index (χ0n) is 12.4. The van der Waals surface area contributed by atoms with E-state index in [9.17, 15) is 14.9 Å². The average Bonchev–Trinajstić information content (AvgIpc) is 3.30. The highest BCUT2D eigenvalue weighted by Crippen LogP contribution is 2.42. The van der Waals surface area contributed by atoms with Crippen LogP contribution >= 0.6 is 0 Å². The van der Waals surface area contributed by atoms with Crippen LogP contribution in [0.25, 0.3) is 11.1 Å². The van der Waals surface area contributed by atoms with E-state index in [2.05, 4.69) is 9.72 Å². The Hall–Kier alpha value is -2.68. The predicted molar refractivity (Wildman–Crippen MR) is 78.1 cm³/mol. The lowest BCUT2D eigenvalue weighted by Gasteiger charge is -2.11. The summed E-state index contributed by atoms with van der Waals surface area (Å²) < 4.78 is 15.4. The number of carbonyl (C=O) groups excluding carboxylic acids is 1. The maximum Gasteiger partial charge on any atom is 0.326 e. The molecule has 1 fully saturated rings. The van der Waals surface area contributed by atoms with Crippen molar-refractivity contribution in [3.63, 3.8) is 0 Å². The molecule has 0 aliphatic heterocycles. The number of carbonyl (C=O) groups is 1. The third kappa shape index (κ3) is 3.09. The molecule has 1 saturated carbocycles. The standard InChI is InChI=1S/C14H15N3O6/c1-21-14(18)8(15)6-22-12-5-11-9(4-10(12)17(19)20)16-13(23-11)7-2-3-7/h4-5,7-8H,2-3,6,15H2,1H3. The van der Waals surface area contributed by atoms with Gasteiger partial charge in [-0.25, -0.2) is 4.98 Å². The number of nitrogens with zero attached hydrogens (tertiary/aromatic N) is 2. The van der Waals surface area contributed by atoms with E-state index >= 15 is 0 Å². The Bertz CT molecular complexity index is 767.